The molecule has 0 bridgehead atoms. The van der Waals surface area contributed by atoms with Crippen LogP contribution in [0.15, 0.2) is 46.6 Å². The highest BCUT2D eigenvalue weighted by atomic mass is 32.2. The lowest BCUT2D eigenvalue weighted by molar-refractivity contribution is 0.563. The molecule has 0 unspecified atom stereocenters. The van der Waals surface area contributed by atoms with E-state index in [9.17, 15) is 0 Å². The Hall–Kier alpha value is -2.33. The number of allylic oxidation sites excluding steroid dienone is 1. The van der Waals surface area contributed by atoms with Crippen molar-refractivity contribution in [3.8, 4) is 11.8 Å². The van der Waals surface area contributed by atoms with Gasteiger partial charge in [-0.05, 0) is 34.3 Å². The summed E-state index contributed by atoms with van der Waals surface area (Å²) in [6, 6.07) is 11.7. The minimum Gasteiger partial charge on any atom is -0.382 e. The van der Waals surface area contributed by atoms with Gasteiger partial charge in [-0.25, -0.2) is 0 Å². The molecule has 0 aliphatic rings. The van der Waals surface area contributed by atoms with Crippen LogP contribution in [0.4, 0.5) is 0 Å². The molecule has 0 saturated carbocycles. The van der Waals surface area contributed by atoms with E-state index in [1.165, 1.54) is 11.8 Å². The van der Waals surface area contributed by atoms with Crippen molar-refractivity contribution in [2.24, 2.45) is 0 Å². The monoisotopic (exact) mass is 272 g/mol. The molecule has 6 nitrogen and oxygen atoms in total. The molecule has 0 atom stereocenters. The van der Waals surface area contributed by atoms with Gasteiger partial charge in [-0.1, -0.05) is 18.2 Å². The molecule has 0 amide bonds. The standard InChI is InChI=1S/C12H12N6S/c1-17(2)9-11(8-13)19-12-14-15-16-18(12)10-6-4-3-5-7-10/h3-7,9H,1-2H3/b11-9-. The minimum atomic E-state index is 0.525. The fourth-order valence-electron chi connectivity index (χ4n) is 1.38. The Kier molecular flexibility index (Phi) is 4.15. The van der Waals surface area contributed by atoms with Crippen molar-refractivity contribution >= 4 is 11.8 Å². The molecule has 2 rings (SSSR count). The maximum Gasteiger partial charge on any atom is 0.219 e. The molecule has 7 heteroatoms. The number of nitriles is 1. The Balaban J connectivity index is 2.29. The number of hydrogen-bond acceptors (Lipinski definition) is 6. The summed E-state index contributed by atoms with van der Waals surface area (Å²) >= 11 is 1.23. The highest BCUT2D eigenvalue weighted by Gasteiger charge is 2.11. The molecule has 1 aromatic carbocycles. The fraction of sp³-hybridized carbons (Fsp3) is 0.167. The molecule has 96 valence electrons. The van der Waals surface area contributed by atoms with Crippen molar-refractivity contribution in [1.29, 1.82) is 5.26 Å². The largest absolute Gasteiger partial charge is 0.382 e. The van der Waals surface area contributed by atoms with E-state index in [0.717, 1.165) is 5.69 Å². The lowest BCUT2D eigenvalue weighted by atomic mass is 10.3. The normalized spacial score (nSPS) is 11.1. The molecule has 2 aromatic rings. The summed E-state index contributed by atoms with van der Waals surface area (Å²) < 4.78 is 1.60. The van der Waals surface area contributed by atoms with Gasteiger partial charge in [0.25, 0.3) is 0 Å². The van der Waals surface area contributed by atoms with Crippen molar-refractivity contribution < 1.29 is 0 Å². The predicted octanol–water partition coefficient (Wildman–Crippen LogP) is 1.68. The maximum absolute atomic E-state index is 9.09. The van der Waals surface area contributed by atoms with E-state index >= 15 is 0 Å². The Bertz CT molecular complexity index is 611. The van der Waals surface area contributed by atoms with Crippen LogP contribution in [-0.4, -0.2) is 39.2 Å². The van der Waals surface area contributed by atoms with Crippen molar-refractivity contribution in [3.63, 3.8) is 0 Å². The Morgan fingerprint density at radius 3 is 2.74 bits per heavy atom. The van der Waals surface area contributed by atoms with Crippen LogP contribution in [0.5, 0.6) is 0 Å². The van der Waals surface area contributed by atoms with Crippen LogP contribution in [-0.2, 0) is 0 Å². The van der Waals surface area contributed by atoms with E-state index in [1.54, 1.807) is 10.9 Å². The van der Waals surface area contributed by atoms with E-state index in [2.05, 4.69) is 21.6 Å². The summed E-state index contributed by atoms with van der Waals surface area (Å²) in [5, 5.41) is 21.2. The molecule has 0 saturated heterocycles. The molecule has 0 spiro atoms. The van der Waals surface area contributed by atoms with Crippen molar-refractivity contribution in [2.45, 2.75) is 5.16 Å². The minimum absolute atomic E-state index is 0.525. The second-order valence-electron chi connectivity index (χ2n) is 3.88. The second kappa shape index (κ2) is 6.02. The van der Waals surface area contributed by atoms with Crippen LogP contribution in [0.2, 0.25) is 0 Å². The highest BCUT2D eigenvalue weighted by Crippen LogP contribution is 2.25. The first-order valence-corrected chi connectivity index (χ1v) is 6.32. The van der Waals surface area contributed by atoms with Gasteiger partial charge < -0.3 is 4.90 Å². The van der Waals surface area contributed by atoms with Crippen LogP contribution in [0.1, 0.15) is 0 Å². The summed E-state index contributed by atoms with van der Waals surface area (Å²) in [4.78, 5) is 2.33. The molecule has 0 fully saturated rings. The number of aromatic nitrogens is 4. The van der Waals surface area contributed by atoms with Gasteiger partial charge >= 0.3 is 0 Å². The number of hydrogen-bond donors (Lipinski definition) is 0. The number of rotatable bonds is 4. The molecule has 19 heavy (non-hydrogen) atoms. The Labute approximate surface area is 115 Å². The summed E-state index contributed by atoms with van der Waals surface area (Å²) in [6.07, 6.45) is 1.73. The third-order valence-electron chi connectivity index (χ3n) is 2.13. The first-order valence-electron chi connectivity index (χ1n) is 5.50. The van der Waals surface area contributed by atoms with Gasteiger partial charge in [0.1, 0.15) is 11.0 Å². The van der Waals surface area contributed by atoms with Crippen molar-refractivity contribution in [3.05, 3.63) is 41.4 Å². The van der Waals surface area contributed by atoms with Crippen LogP contribution in [0.3, 0.4) is 0 Å². The van der Waals surface area contributed by atoms with Crippen LogP contribution >= 0.6 is 11.8 Å². The predicted molar refractivity (Wildman–Crippen MR) is 72.4 cm³/mol. The van der Waals surface area contributed by atoms with Crippen LogP contribution < -0.4 is 0 Å². The van der Waals surface area contributed by atoms with E-state index in [1.807, 2.05) is 49.3 Å². The Morgan fingerprint density at radius 1 is 1.37 bits per heavy atom. The number of thioether (sulfide) groups is 1. The van der Waals surface area contributed by atoms with Crippen LogP contribution in [0, 0.1) is 11.3 Å². The van der Waals surface area contributed by atoms with E-state index in [4.69, 9.17) is 5.26 Å². The lowest BCUT2D eigenvalue weighted by Gasteiger charge is -2.06. The number of tetrazole rings is 1. The molecule has 0 aliphatic heterocycles. The van der Waals surface area contributed by atoms with Gasteiger partial charge in [0.05, 0.1) is 5.69 Å². The molecule has 0 N–H and O–H groups in total. The van der Waals surface area contributed by atoms with E-state index < -0.39 is 0 Å². The molecule has 1 aromatic heterocycles. The number of nitrogens with zero attached hydrogens (tertiary/aromatic N) is 6. The van der Waals surface area contributed by atoms with Gasteiger partial charge in [0.15, 0.2) is 0 Å². The van der Waals surface area contributed by atoms with Gasteiger partial charge in [-0.15, -0.1) is 5.10 Å². The first kappa shape index (κ1) is 13.1. The average Bonchev–Trinajstić information content (AvgIpc) is 2.86. The average molecular weight is 272 g/mol. The molecule has 0 radical (unpaired) electrons. The summed E-state index contributed by atoms with van der Waals surface area (Å²) in [5.74, 6) is 0. The molecule has 0 aliphatic carbocycles. The SMILES string of the molecule is CN(C)/C=C(/C#N)Sc1nnnn1-c1ccccc1. The lowest BCUT2D eigenvalue weighted by Crippen LogP contribution is -2.02. The zero-order chi connectivity index (χ0) is 13.7. The summed E-state index contributed by atoms with van der Waals surface area (Å²) in [5.41, 5.74) is 0.858. The van der Waals surface area contributed by atoms with Crippen LogP contribution in [0.25, 0.3) is 5.69 Å². The molecular weight excluding hydrogens is 260 g/mol. The first-order chi connectivity index (χ1) is 9.20. The molecular formula is C12H12N6S. The van der Waals surface area contributed by atoms with Gasteiger partial charge in [0.2, 0.25) is 5.16 Å². The third-order valence-corrected chi connectivity index (χ3v) is 2.98. The van der Waals surface area contributed by atoms with E-state index in [-0.39, 0.29) is 0 Å². The smallest absolute Gasteiger partial charge is 0.219 e. The fourth-order valence-corrected chi connectivity index (χ4v) is 2.20. The second-order valence-corrected chi connectivity index (χ2v) is 4.89. The number of benzene rings is 1. The summed E-state index contributed by atoms with van der Waals surface area (Å²) in [6.45, 7) is 0. The quantitative estimate of drug-likeness (QED) is 0.623. The molecule has 1 heterocycles. The third kappa shape index (κ3) is 3.33. The topological polar surface area (TPSA) is 70.6 Å². The van der Waals surface area contributed by atoms with Crippen molar-refractivity contribution in [1.82, 2.24) is 25.1 Å². The van der Waals surface area contributed by atoms with Gasteiger partial charge in [-0.2, -0.15) is 9.94 Å². The Morgan fingerprint density at radius 2 is 2.11 bits per heavy atom. The van der Waals surface area contributed by atoms with Crippen molar-refractivity contribution in [2.75, 3.05) is 14.1 Å². The maximum atomic E-state index is 9.09. The van der Waals surface area contributed by atoms with E-state index in [0.29, 0.717) is 10.1 Å². The highest BCUT2D eigenvalue weighted by molar-refractivity contribution is 8.03. The van der Waals surface area contributed by atoms with Gasteiger partial charge in [-0.3, -0.25) is 0 Å². The zero-order valence-electron chi connectivity index (χ0n) is 10.6. The number of para-hydroxylation sites is 1. The zero-order valence-corrected chi connectivity index (χ0v) is 11.4. The summed E-state index contributed by atoms with van der Waals surface area (Å²) in [7, 11) is 3.72. The van der Waals surface area contributed by atoms with Gasteiger partial charge in [0, 0.05) is 20.3 Å².